The van der Waals surface area contributed by atoms with Gasteiger partial charge in [0.1, 0.15) is 0 Å². The molecule has 3 rings (SSSR count). The normalized spacial score (nSPS) is 9.30. The lowest BCUT2D eigenvalue weighted by atomic mass is 10.1. The lowest BCUT2D eigenvalue weighted by molar-refractivity contribution is 1.19. The summed E-state index contributed by atoms with van der Waals surface area (Å²) in [5, 5.41) is 1.51. The van der Waals surface area contributed by atoms with Gasteiger partial charge in [-0.05, 0) is 53.9 Å². The minimum absolute atomic E-state index is 0. The molecule has 0 aliphatic carbocycles. The second-order valence-electron chi connectivity index (χ2n) is 4.84. The molecule has 0 aliphatic rings. The predicted octanol–water partition coefficient (Wildman–Crippen LogP) is 6.27. The summed E-state index contributed by atoms with van der Waals surface area (Å²) in [5.41, 5.74) is 8.73. The molecule has 3 aromatic rings. The summed E-state index contributed by atoms with van der Waals surface area (Å²) < 4.78 is 0. The highest BCUT2D eigenvalue weighted by molar-refractivity contribution is 6.30. The van der Waals surface area contributed by atoms with Gasteiger partial charge in [-0.2, -0.15) is 0 Å². The van der Waals surface area contributed by atoms with E-state index < -0.39 is 0 Å². The Bertz CT molecular complexity index is 659. The van der Waals surface area contributed by atoms with E-state index in [9.17, 15) is 0 Å². The number of hydrogen-bond acceptors (Lipinski definition) is 1. The number of hydrogen-bond donors (Lipinski definition) is 1. The second kappa shape index (κ2) is 10.2. The maximum absolute atomic E-state index is 5.81. The van der Waals surface area contributed by atoms with Crippen molar-refractivity contribution < 1.29 is 0 Å². The molecule has 0 atom stereocenters. The second-order valence-corrected chi connectivity index (χ2v) is 5.71. The van der Waals surface area contributed by atoms with Crippen molar-refractivity contribution in [1.82, 2.24) is 0 Å². The largest absolute Gasteiger partial charge is 0.399 e. The molecule has 0 aliphatic heterocycles. The van der Waals surface area contributed by atoms with E-state index in [1.54, 1.807) is 24.3 Å². The molecule has 0 saturated heterocycles. The summed E-state index contributed by atoms with van der Waals surface area (Å²) in [6.45, 7) is 0. The Hall–Kier alpha value is -1.67. The SMILES string of the molecule is Cl.Clc1ccc(Cc2ccccc2)cc1.Nc1ccc(Cl)cc1. The van der Waals surface area contributed by atoms with Gasteiger partial charge in [0.05, 0.1) is 0 Å². The third-order valence-corrected chi connectivity index (χ3v) is 3.54. The van der Waals surface area contributed by atoms with E-state index in [-0.39, 0.29) is 12.4 Å². The van der Waals surface area contributed by atoms with Gasteiger partial charge in [0.25, 0.3) is 0 Å². The van der Waals surface area contributed by atoms with Crippen LogP contribution in [-0.4, -0.2) is 0 Å². The van der Waals surface area contributed by atoms with Crippen LogP contribution in [0, 0.1) is 0 Å². The molecule has 0 radical (unpaired) electrons. The van der Waals surface area contributed by atoms with E-state index in [1.165, 1.54) is 11.1 Å². The first-order valence-corrected chi connectivity index (χ1v) is 7.68. The average Bonchev–Trinajstić information content (AvgIpc) is 2.54. The van der Waals surface area contributed by atoms with E-state index in [0.717, 1.165) is 22.2 Å². The number of nitrogens with two attached hydrogens (primary N) is 1. The molecular formula is C19H18Cl3N. The Morgan fingerprint density at radius 1 is 0.609 bits per heavy atom. The van der Waals surface area contributed by atoms with Gasteiger partial charge in [-0.3, -0.25) is 0 Å². The molecule has 0 spiro atoms. The van der Waals surface area contributed by atoms with E-state index >= 15 is 0 Å². The molecule has 120 valence electrons. The fourth-order valence-corrected chi connectivity index (χ4v) is 2.15. The topological polar surface area (TPSA) is 26.0 Å². The van der Waals surface area contributed by atoms with E-state index in [2.05, 4.69) is 36.4 Å². The minimum atomic E-state index is 0. The third-order valence-electron chi connectivity index (χ3n) is 3.03. The minimum Gasteiger partial charge on any atom is -0.399 e. The van der Waals surface area contributed by atoms with Crippen molar-refractivity contribution >= 4 is 41.3 Å². The van der Waals surface area contributed by atoms with Gasteiger partial charge in [0, 0.05) is 15.7 Å². The molecule has 23 heavy (non-hydrogen) atoms. The number of benzene rings is 3. The van der Waals surface area contributed by atoms with Gasteiger partial charge in [-0.25, -0.2) is 0 Å². The maximum Gasteiger partial charge on any atom is 0.0407 e. The lowest BCUT2D eigenvalue weighted by Gasteiger charge is -2.01. The molecule has 0 heterocycles. The van der Waals surface area contributed by atoms with Crippen molar-refractivity contribution in [3.05, 3.63) is 100 Å². The highest BCUT2D eigenvalue weighted by Crippen LogP contribution is 2.13. The Balaban J connectivity index is 0.000000253. The highest BCUT2D eigenvalue weighted by atomic mass is 35.5. The van der Waals surface area contributed by atoms with Gasteiger partial charge in [-0.15, -0.1) is 12.4 Å². The molecule has 4 heteroatoms. The molecule has 0 amide bonds. The van der Waals surface area contributed by atoms with Crippen LogP contribution in [0.1, 0.15) is 11.1 Å². The fourth-order valence-electron chi connectivity index (χ4n) is 1.90. The first-order chi connectivity index (χ1) is 10.6. The Kier molecular flexibility index (Phi) is 8.57. The molecular weight excluding hydrogens is 349 g/mol. The lowest BCUT2D eigenvalue weighted by Crippen LogP contribution is -1.86. The van der Waals surface area contributed by atoms with Crippen LogP contribution in [0.5, 0.6) is 0 Å². The average molecular weight is 367 g/mol. The molecule has 3 aromatic carbocycles. The predicted molar refractivity (Wildman–Crippen MR) is 104 cm³/mol. The molecule has 0 unspecified atom stereocenters. The molecule has 0 saturated carbocycles. The summed E-state index contributed by atoms with van der Waals surface area (Å²) in [7, 11) is 0. The molecule has 1 nitrogen and oxygen atoms in total. The van der Waals surface area contributed by atoms with E-state index in [0.29, 0.717) is 0 Å². The smallest absolute Gasteiger partial charge is 0.0407 e. The van der Waals surface area contributed by atoms with Gasteiger partial charge in [0.15, 0.2) is 0 Å². The van der Waals surface area contributed by atoms with Gasteiger partial charge in [0.2, 0.25) is 0 Å². The molecule has 0 bridgehead atoms. The third kappa shape index (κ3) is 7.43. The highest BCUT2D eigenvalue weighted by Gasteiger charge is 1.94. The summed E-state index contributed by atoms with van der Waals surface area (Å²) in [6, 6.07) is 25.5. The van der Waals surface area contributed by atoms with Crippen molar-refractivity contribution in [3.8, 4) is 0 Å². The first-order valence-electron chi connectivity index (χ1n) is 6.93. The first kappa shape index (κ1) is 19.4. The van der Waals surface area contributed by atoms with Crippen LogP contribution < -0.4 is 5.73 Å². The maximum atomic E-state index is 5.81. The Morgan fingerprint density at radius 3 is 1.52 bits per heavy atom. The van der Waals surface area contributed by atoms with Crippen LogP contribution in [0.4, 0.5) is 5.69 Å². The molecule has 0 aromatic heterocycles. The zero-order valence-corrected chi connectivity index (χ0v) is 14.8. The van der Waals surface area contributed by atoms with Crippen LogP contribution in [0.2, 0.25) is 10.0 Å². The molecule has 0 fully saturated rings. The van der Waals surface area contributed by atoms with Crippen LogP contribution in [0.3, 0.4) is 0 Å². The quantitative estimate of drug-likeness (QED) is 0.531. The van der Waals surface area contributed by atoms with Crippen molar-refractivity contribution in [2.45, 2.75) is 6.42 Å². The number of rotatable bonds is 2. The number of anilines is 1. The zero-order valence-electron chi connectivity index (χ0n) is 12.5. The van der Waals surface area contributed by atoms with E-state index in [4.69, 9.17) is 28.9 Å². The molecule has 2 N–H and O–H groups in total. The summed E-state index contributed by atoms with van der Waals surface area (Å²) in [5.74, 6) is 0. The van der Waals surface area contributed by atoms with Crippen molar-refractivity contribution in [2.24, 2.45) is 0 Å². The zero-order chi connectivity index (χ0) is 15.8. The van der Waals surface area contributed by atoms with Crippen molar-refractivity contribution in [1.29, 1.82) is 0 Å². The Labute approximate surface area is 153 Å². The number of nitrogen functional groups attached to an aromatic ring is 1. The van der Waals surface area contributed by atoms with E-state index in [1.807, 2.05) is 18.2 Å². The summed E-state index contributed by atoms with van der Waals surface area (Å²) in [6.07, 6.45) is 0.970. The fraction of sp³-hybridized carbons (Fsp3) is 0.0526. The van der Waals surface area contributed by atoms with Crippen LogP contribution >= 0.6 is 35.6 Å². The monoisotopic (exact) mass is 365 g/mol. The van der Waals surface area contributed by atoms with Crippen LogP contribution in [0.25, 0.3) is 0 Å². The van der Waals surface area contributed by atoms with Crippen molar-refractivity contribution in [2.75, 3.05) is 5.73 Å². The Morgan fingerprint density at radius 2 is 1.04 bits per heavy atom. The van der Waals surface area contributed by atoms with Gasteiger partial charge in [-0.1, -0.05) is 65.7 Å². The van der Waals surface area contributed by atoms with Gasteiger partial charge < -0.3 is 5.73 Å². The van der Waals surface area contributed by atoms with Crippen LogP contribution in [-0.2, 0) is 6.42 Å². The van der Waals surface area contributed by atoms with Crippen molar-refractivity contribution in [3.63, 3.8) is 0 Å². The standard InChI is InChI=1S/C13H11Cl.C6H6ClN.ClH/c14-13-8-6-12(7-9-13)10-11-4-2-1-3-5-11;7-5-1-3-6(8)4-2-5;/h1-9H,10H2;1-4H,8H2;1H. The van der Waals surface area contributed by atoms with Crippen LogP contribution in [0.15, 0.2) is 78.9 Å². The summed E-state index contributed by atoms with van der Waals surface area (Å²) >= 11 is 11.4. The summed E-state index contributed by atoms with van der Waals surface area (Å²) in [4.78, 5) is 0. The number of halogens is 3. The van der Waals surface area contributed by atoms with Gasteiger partial charge >= 0.3 is 0 Å².